The van der Waals surface area contributed by atoms with E-state index in [1.165, 1.54) is 32.1 Å². The van der Waals surface area contributed by atoms with E-state index < -0.39 is 0 Å². The van der Waals surface area contributed by atoms with Gasteiger partial charge in [0, 0.05) is 19.2 Å². The number of ether oxygens (including phenoxy) is 1. The van der Waals surface area contributed by atoms with Crippen LogP contribution in [0.5, 0.6) is 0 Å². The molecule has 2 N–H and O–H groups in total. The quantitative estimate of drug-likeness (QED) is 0.436. The summed E-state index contributed by atoms with van der Waals surface area (Å²) in [7, 11) is 0. The molecule has 0 aromatic rings. The van der Waals surface area contributed by atoms with Gasteiger partial charge < -0.3 is 22.1 Å². The average molecular weight is 347 g/mol. The molecule has 0 heterocycles. The summed E-state index contributed by atoms with van der Waals surface area (Å²) in [5.74, 6) is 0. The van der Waals surface area contributed by atoms with Gasteiger partial charge in [-0.15, -0.1) is 0 Å². The van der Waals surface area contributed by atoms with Crippen LogP contribution in [-0.4, -0.2) is 37.0 Å². The standard InChI is InChI=1S/C12H24NO2.Cs/c1-2-8-15-10-12(14)9-13-11-6-4-3-5-7-11;/h11-14H,1-10H2;/q-1;+1. The number of aliphatic hydroxyl groups is 1. The normalized spacial score (nSPS) is 19.1. The first-order valence-corrected chi connectivity index (χ1v) is 6.11. The summed E-state index contributed by atoms with van der Waals surface area (Å²) < 4.78 is 5.23. The second-order valence-corrected chi connectivity index (χ2v) is 4.33. The van der Waals surface area contributed by atoms with Crippen LogP contribution in [0.3, 0.4) is 0 Å². The molecule has 0 radical (unpaired) electrons. The first kappa shape index (κ1) is 17.9. The van der Waals surface area contributed by atoms with E-state index in [4.69, 9.17) is 4.74 Å². The van der Waals surface area contributed by atoms with Crippen molar-refractivity contribution in [2.24, 2.45) is 0 Å². The van der Waals surface area contributed by atoms with Crippen molar-refractivity contribution in [2.75, 3.05) is 19.8 Å². The molecule has 1 unspecified atom stereocenters. The van der Waals surface area contributed by atoms with Gasteiger partial charge in [-0.1, -0.05) is 19.3 Å². The molecule has 1 saturated carbocycles. The van der Waals surface area contributed by atoms with Gasteiger partial charge in [-0.3, -0.25) is 0 Å². The Labute approximate surface area is 159 Å². The van der Waals surface area contributed by atoms with Crippen molar-refractivity contribution in [1.29, 1.82) is 0 Å². The third-order valence-corrected chi connectivity index (χ3v) is 2.85. The Morgan fingerprint density at radius 1 is 1.31 bits per heavy atom. The van der Waals surface area contributed by atoms with Crippen LogP contribution in [0.2, 0.25) is 0 Å². The Bertz CT molecular complexity index is 152. The Balaban J connectivity index is 0.00000225. The van der Waals surface area contributed by atoms with Gasteiger partial charge in [-0.05, 0) is 12.8 Å². The van der Waals surface area contributed by atoms with Crippen LogP contribution in [0.15, 0.2) is 0 Å². The summed E-state index contributed by atoms with van der Waals surface area (Å²) in [6.45, 7) is 5.40. The van der Waals surface area contributed by atoms with E-state index in [1.54, 1.807) is 0 Å². The summed E-state index contributed by atoms with van der Waals surface area (Å²) >= 11 is 0. The monoisotopic (exact) mass is 347 g/mol. The van der Waals surface area contributed by atoms with Gasteiger partial charge in [0.05, 0.1) is 12.7 Å². The minimum Gasteiger partial charge on any atom is -0.389 e. The number of hydrogen-bond donors (Lipinski definition) is 2. The first-order chi connectivity index (χ1) is 7.33. The van der Waals surface area contributed by atoms with Crippen LogP contribution in [0, 0.1) is 6.92 Å². The van der Waals surface area contributed by atoms with Crippen LogP contribution in [0.25, 0.3) is 0 Å². The van der Waals surface area contributed by atoms with Gasteiger partial charge >= 0.3 is 68.9 Å². The number of hydrogen-bond acceptors (Lipinski definition) is 3. The van der Waals surface area contributed by atoms with Crippen LogP contribution >= 0.6 is 0 Å². The Kier molecular flexibility index (Phi) is 13.4. The molecule has 4 heteroatoms. The summed E-state index contributed by atoms with van der Waals surface area (Å²) in [5.41, 5.74) is 0. The van der Waals surface area contributed by atoms with Gasteiger partial charge in [-0.2, -0.15) is 6.42 Å². The van der Waals surface area contributed by atoms with Gasteiger partial charge in [-0.25, -0.2) is 0 Å². The smallest absolute Gasteiger partial charge is 0.389 e. The molecule has 0 spiro atoms. The summed E-state index contributed by atoms with van der Waals surface area (Å²) in [6.07, 6.45) is 6.92. The Morgan fingerprint density at radius 2 is 2.00 bits per heavy atom. The Morgan fingerprint density at radius 3 is 2.62 bits per heavy atom. The molecule has 90 valence electrons. The van der Waals surface area contributed by atoms with Crippen molar-refractivity contribution in [3.8, 4) is 0 Å². The van der Waals surface area contributed by atoms with E-state index >= 15 is 0 Å². The average Bonchev–Trinajstić information content (AvgIpc) is 2.28. The zero-order valence-corrected chi connectivity index (χ0v) is 16.9. The molecule has 3 nitrogen and oxygen atoms in total. The molecule has 1 fully saturated rings. The van der Waals surface area contributed by atoms with E-state index in [2.05, 4.69) is 12.2 Å². The van der Waals surface area contributed by atoms with Crippen LogP contribution < -0.4 is 74.2 Å². The van der Waals surface area contributed by atoms with Crippen LogP contribution in [0.4, 0.5) is 0 Å². The SMILES string of the molecule is [CH2-]CCOCC(O)CNC1CCCCC1.[Cs+]. The van der Waals surface area contributed by atoms with Crippen molar-refractivity contribution >= 4 is 0 Å². The third-order valence-electron chi connectivity index (χ3n) is 2.85. The van der Waals surface area contributed by atoms with Crippen molar-refractivity contribution in [2.45, 2.75) is 50.7 Å². The molecular weight excluding hydrogens is 323 g/mol. The molecular formula is C12H24CsNO2. The number of rotatable bonds is 7. The Hall–Kier alpha value is 1.93. The third kappa shape index (κ3) is 8.94. The molecule has 1 aliphatic carbocycles. The molecule has 0 aliphatic heterocycles. The van der Waals surface area contributed by atoms with E-state index in [9.17, 15) is 5.11 Å². The molecule has 0 aromatic carbocycles. The van der Waals surface area contributed by atoms with Crippen molar-refractivity contribution in [3.63, 3.8) is 0 Å². The molecule has 0 amide bonds. The number of aliphatic hydroxyl groups excluding tert-OH is 1. The van der Waals surface area contributed by atoms with E-state index in [0.29, 0.717) is 25.8 Å². The van der Waals surface area contributed by atoms with Gasteiger partial charge in [0.25, 0.3) is 0 Å². The fraction of sp³-hybridized carbons (Fsp3) is 0.917. The van der Waals surface area contributed by atoms with Crippen molar-refractivity contribution in [1.82, 2.24) is 5.32 Å². The molecule has 0 saturated heterocycles. The van der Waals surface area contributed by atoms with Crippen molar-refractivity contribution in [3.05, 3.63) is 6.92 Å². The van der Waals surface area contributed by atoms with Crippen LogP contribution in [0.1, 0.15) is 38.5 Å². The molecule has 1 rings (SSSR count). The van der Waals surface area contributed by atoms with Gasteiger partial charge in [0.1, 0.15) is 0 Å². The fourth-order valence-corrected chi connectivity index (χ4v) is 1.99. The summed E-state index contributed by atoms with van der Waals surface area (Å²) in [4.78, 5) is 0. The first-order valence-electron chi connectivity index (χ1n) is 6.11. The molecule has 0 bridgehead atoms. The predicted octanol–water partition coefficient (Wildman–Crippen LogP) is -1.49. The van der Waals surface area contributed by atoms with Gasteiger partial charge in [0.15, 0.2) is 0 Å². The molecule has 1 atom stereocenters. The maximum absolute atomic E-state index is 9.60. The molecule has 16 heavy (non-hydrogen) atoms. The predicted molar refractivity (Wildman–Crippen MR) is 61.7 cm³/mol. The summed E-state index contributed by atoms with van der Waals surface area (Å²) in [6, 6.07) is 0.612. The minimum atomic E-state index is -0.376. The topological polar surface area (TPSA) is 41.5 Å². The summed E-state index contributed by atoms with van der Waals surface area (Å²) in [5, 5.41) is 13.0. The van der Waals surface area contributed by atoms with E-state index in [1.807, 2.05) is 0 Å². The maximum Gasteiger partial charge on any atom is 1.00 e. The minimum absolute atomic E-state index is 0. The van der Waals surface area contributed by atoms with Crippen LogP contribution in [-0.2, 0) is 4.74 Å². The van der Waals surface area contributed by atoms with Crippen molar-refractivity contribution < 1.29 is 78.7 Å². The largest absolute Gasteiger partial charge is 1.00 e. The zero-order chi connectivity index (χ0) is 10.9. The van der Waals surface area contributed by atoms with Gasteiger partial charge in [0.2, 0.25) is 0 Å². The fourth-order valence-electron chi connectivity index (χ4n) is 1.99. The molecule has 0 aromatic heterocycles. The molecule has 1 aliphatic rings. The maximum atomic E-state index is 9.60. The van der Waals surface area contributed by atoms with E-state index in [0.717, 1.165) is 6.42 Å². The number of nitrogens with one attached hydrogen (secondary N) is 1. The second kappa shape index (κ2) is 12.0. The zero-order valence-electron chi connectivity index (χ0n) is 10.6. The van der Waals surface area contributed by atoms with E-state index in [-0.39, 0.29) is 75.0 Å². The second-order valence-electron chi connectivity index (χ2n) is 4.33.